The molecule has 0 aliphatic rings. The van der Waals surface area contributed by atoms with Crippen molar-refractivity contribution in [2.24, 2.45) is 0 Å². The summed E-state index contributed by atoms with van der Waals surface area (Å²) in [6, 6.07) is 10.3. The van der Waals surface area contributed by atoms with Gasteiger partial charge in [0.05, 0.1) is 6.20 Å². The monoisotopic (exact) mass is 1120 g/mol. The number of carbonyl (C=O) groups excluding carboxylic acids is 1. The minimum atomic E-state index is -7.22. The molecule has 6 rings (SSSR count). The number of aromatic nitrogens is 2. The number of carbonyl (C=O) groups is 1. The normalized spacial score (nSPS) is 11.6. The lowest BCUT2D eigenvalue weighted by Crippen LogP contribution is -2.81. The highest BCUT2D eigenvalue weighted by molar-refractivity contribution is 7.20. The summed E-state index contributed by atoms with van der Waals surface area (Å²) in [5, 5.41) is 0. The third-order valence-corrected chi connectivity index (χ3v) is 13.0. The number of benzene rings is 5. The molecule has 77 heavy (non-hydrogen) atoms. The Morgan fingerprint density at radius 2 is 0.662 bits per heavy atom. The number of unbranched alkanes of at least 4 members (excludes halogenated alkanes) is 14. The van der Waals surface area contributed by atoms with Crippen LogP contribution in [0.15, 0.2) is 48.9 Å². The third kappa shape index (κ3) is 12.9. The maximum atomic E-state index is 15.4. The van der Waals surface area contributed by atoms with Crippen LogP contribution >= 0.6 is 0 Å². The average molecular weight is 1120 g/mol. The SMILES string of the molecule is CCCCCCCCCCCCCCCCCC(=O)c1c[n+](Cc2ccccc2)ccn1.Fc1c(F)c(F)c([B-](c2c(F)c(F)c(F)c(F)c2F)(c2c(F)c(F)c(F)c(F)c2F)c2c(F)c(F)c(F)c(F)c2F)c(F)c1F. The van der Waals surface area contributed by atoms with Gasteiger partial charge in [-0.15, -0.1) is 21.9 Å². The molecular formula is C53H45BF20N2O. The van der Waals surface area contributed by atoms with E-state index in [1.165, 1.54) is 89.0 Å². The summed E-state index contributed by atoms with van der Waals surface area (Å²) >= 11 is 0. The predicted molar refractivity (Wildman–Crippen MR) is 243 cm³/mol. The van der Waals surface area contributed by atoms with Gasteiger partial charge in [0.15, 0.2) is 100 Å². The summed E-state index contributed by atoms with van der Waals surface area (Å²) in [6.07, 6.45) is 19.1. The maximum Gasteiger partial charge on any atom is 0.200 e. The Morgan fingerprint density at radius 3 is 0.961 bits per heavy atom. The molecule has 0 amide bonds. The van der Waals surface area contributed by atoms with Crippen molar-refractivity contribution in [3.63, 3.8) is 0 Å². The molecule has 6 aromatic rings. The van der Waals surface area contributed by atoms with Crippen LogP contribution in [0.25, 0.3) is 0 Å². The average Bonchev–Trinajstić information content (AvgIpc) is 3.58. The molecule has 24 heteroatoms. The lowest BCUT2D eigenvalue weighted by atomic mass is 9.12. The van der Waals surface area contributed by atoms with Crippen molar-refractivity contribution in [3.8, 4) is 0 Å². The quantitative estimate of drug-likeness (QED) is 0.0122. The van der Waals surface area contributed by atoms with Gasteiger partial charge in [0, 0.05) is 12.0 Å². The van der Waals surface area contributed by atoms with E-state index in [1.807, 2.05) is 35.2 Å². The first-order chi connectivity index (χ1) is 36.5. The maximum absolute atomic E-state index is 15.4. The molecule has 0 radical (unpaired) electrons. The number of halogens is 20. The molecule has 1 heterocycles. The Morgan fingerprint density at radius 1 is 0.390 bits per heavy atom. The molecule has 1 aromatic heterocycles. The second kappa shape index (κ2) is 27.2. The van der Waals surface area contributed by atoms with E-state index in [1.54, 1.807) is 6.20 Å². The van der Waals surface area contributed by atoms with Crippen LogP contribution in [-0.4, -0.2) is 16.9 Å². The fraction of sp³-hybridized carbons (Fsp3) is 0.340. The largest absolute Gasteiger partial charge is 0.292 e. The smallest absolute Gasteiger partial charge is 0.200 e. The van der Waals surface area contributed by atoms with Crippen LogP contribution in [0.4, 0.5) is 87.8 Å². The summed E-state index contributed by atoms with van der Waals surface area (Å²) < 4.78 is 296. The van der Waals surface area contributed by atoms with Crippen LogP contribution in [0.1, 0.15) is 126 Å². The van der Waals surface area contributed by atoms with E-state index in [9.17, 15) is 57.5 Å². The van der Waals surface area contributed by atoms with Crippen LogP contribution in [0.5, 0.6) is 0 Å². The first-order valence-electron chi connectivity index (χ1n) is 24.1. The number of ketones is 1. The van der Waals surface area contributed by atoms with E-state index in [2.05, 4.69) is 24.0 Å². The summed E-state index contributed by atoms with van der Waals surface area (Å²) in [7, 11) is 0. The summed E-state index contributed by atoms with van der Waals surface area (Å²) in [6.45, 7) is 3.05. The van der Waals surface area contributed by atoms with Gasteiger partial charge in [0.25, 0.3) is 0 Å². The second-order valence-corrected chi connectivity index (χ2v) is 18.0. The number of Topliss-reactive ketones (excluding diaryl/α,β-unsaturated/α-hetero) is 1. The molecule has 3 nitrogen and oxygen atoms in total. The molecule has 0 fully saturated rings. The molecule has 5 aromatic carbocycles. The van der Waals surface area contributed by atoms with E-state index in [-0.39, 0.29) is 5.78 Å². The van der Waals surface area contributed by atoms with Gasteiger partial charge in [-0.25, -0.2) is 92.8 Å². The molecule has 0 aliphatic heterocycles. The third-order valence-electron chi connectivity index (χ3n) is 13.0. The first kappa shape index (κ1) is 61.4. The highest BCUT2D eigenvalue weighted by Gasteiger charge is 2.52. The van der Waals surface area contributed by atoms with Crippen molar-refractivity contribution in [1.29, 1.82) is 0 Å². The van der Waals surface area contributed by atoms with Crippen molar-refractivity contribution in [2.75, 3.05) is 0 Å². The standard InChI is InChI=1S/C29H45N2O.C24BF20/c1-2-3-4-5-6-7-8-9-10-11-12-13-14-15-19-22-29(32)28-26-31(24-23-30-28)25-27-20-17-16-18-21-27;26-5-1(6(27)14(35)21(42)13(5)34)25(2-7(28)15(36)22(43)16(37)8(2)29,3-9(30)17(38)23(44)18(39)10(3)31)4-11(32)19(40)24(45)20(41)12(4)33/h16-18,20-21,23-24,26H,2-15,19,22,25H2,1H3;/q+1;-1. The molecule has 0 aliphatic carbocycles. The second-order valence-electron chi connectivity index (χ2n) is 18.0. The van der Waals surface area contributed by atoms with Gasteiger partial charge in [0.1, 0.15) is 52.7 Å². The van der Waals surface area contributed by atoms with E-state index >= 15 is 35.1 Å². The molecule has 416 valence electrons. The summed E-state index contributed by atoms with van der Waals surface area (Å²) in [5.41, 5.74) is -12.5. The zero-order valence-corrected chi connectivity index (χ0v) is 40.6. The fourth-order valence-corrected chi connectivity index (χ4v) is 9.13. The molecular weight excluding hydrogens is 1070 g/mol. The molecule has 0 spiro atoms. The fourth-order valence-electron chi connectivity index (χ4n) is 9.13. The van der Waals surface area contributed by atoms with Crippen LogP contribution in [0.3, 0.4) is 0 Å². The van der Waals surface area contributed by atoms with Gasteiger partial charge in [-0.3, -0.25) is 4.79 Å². The number of hydrogen-bond acceptors (Lipinski definition) is 2. The lowest BCUT2D eigenvalue weighted by Gasteiger charge is -2.44. The van der Waals surface area contributed by atoms with Gasteiger partial charge < -0.3 is 0 Å². The van der Waals surface area contributed by atoms with E-state index in [0.29, 0.717) is 12.1 Å². The molecule has 0 saturated heterocycles. The minimum absolute atomic E-state index is 0.169. The van der Waals surface area contributed by atoms with Crippen molar-refractivity contribution in [2.45, 2.75) is 116 Å². The molecule has 0 N–H and O–H groups in total. The highest BCUT2D eigenvalue weighted by atomic mass is 19.2. The van der Waals surface area contributed by atoms with Crippen molar-refractivity contribution in [3.05, 3.63) is 177 Å². The van der Waals surface area contributed by atoms with Crippen LogP contribution < -0.4 is 26.4 Å². The first-order valence-corrected chi connectivity index (χ1v) is 24.1. The number of hydrogen-bond donors (Lipinski definition) is 0. The van der Waals surface area contributed by atoms with Crippen molar-refractivity contribution in [1.82, 2.24) is 4.98 Å². The Bertz CT molecular complexity index is 2690. The Labute approximate surface area is 427 Å². The Balaban J connectivity index is 0.000000301. The summed E-state index contributed by atoms with van der Waals surface area (Å²) in [5.74, 6) is -71.2. The Hall–Kier alpha value is -6.49. The highest BCUT2D eigenvalue weighted by Crippen LogP contribution is 2.31. The van der Waals surface area contributed by atoms with E-state index < -0.39 is 144 Å². The zero-order chi connectivity index (χ0) is 57.1. The van der Waals surface area contributed by atoms with Crippen molar-refractivity contribution < 1.29 is 97.2 Å². The van der Waals surface area contributed by atoms with Gasteiger partial charge in [-0.2, -0.15) is 4.57 Å². The summed E-state index contributed by atoms with van der Waals surface area (Å²) in [4.78, 5) is 16.8. The van der Waals surface area contributed by atoms with E-state index in [4.69, 9.17) is 0 Å². The predicted octanol–water partition coefficient (Wildman–Crippen LogP) is 13.7. The van der Waals surface area contributed by atoms with Gasteiger partial charge in [-0.1, -0.05) is 127 Å². The number of rotatable bonds is 23. The lowest BCUT2D eigenvalue weighted by molar-refractivity contribution is -0.689. The van der Waals surface area contributed by atoms with Crippen LogP contribution in [0.2, 0.25) is 0 Å². The van der Waals surface area contributed by atoms with Crippen LogP contribution in [0, 0.1) is 116 Å². The molecule has 0 atom stereocenters. The van der Waals surface area contributed by atoms with Gasteiger partial charge in [-0.05, 0) is 6.42 Å². The van der Waals surface area contributed by atoms with Crippen LogP contribution in [-0.2, 0) is 6.54 Å². The Kier molecular flexibility index (Phi) is 21.7. The van der Waals surface area contributed by atoms with Gasteiger partial charge in [0.2, 0.25) is 0 Å². The molecule has 0 saturated carbocycles. The van der Waals surface area contributed by atoms with Crippen molar-refractivity contribution >= 4 is 33.8 Å². The molecule has 0 unspecified atom stereocenters. The van der Waals surface area contributed by atoms with E-state index in [0.717, 1.165) is 19.4 Å². The minimum Gasteiger partial charge on any atom is -0.292 e. The zero-order valence-electron chi connectivity index (χ0n) is 40.6. The topological polar surface area (TPSA) is 33.8 Å². The van der Waals surface area contributed by atoms with Gasteiger partial charge >= 0.3 is 0 Å². The molecule has 0 bridgehead atoms. The number of nitrogens with zero attached hydrogens (tertiary/aromatic N) is 2.